The van der Waals surface area contributed by atoms with E-state index in [1.165, 1.54) is 5.56 Å². The molecule has 3 heterocycles. The summed E-state index contributed by atoms with van der Waals surface area (Å²) >= 11 is 1.65. The van der Waals surface area contributed by atoms with Gasteiger partial charge in [0, 0.05) is 13.1 Å². The Hall–Kier alpha value is -2.86. The van der Waals surface area contributed by atoms with Crippen LogP contribution in [0.4, 0.5) is 5.69 Å². The molecule has 0 radical (unpaired) electrons. The number of nitrogens with zero attached hydrogens (tertiary/aromatic N) is 3. The minimum absolute atomic E-state index is 0.101. The van der Waals surface area contributed by atoms with Gasteiger partial charge in [-0.25, -0.2) is 0 Å². The summed E-state index contributed by atoms with van der Waals surface area (Å²) in [4.78, 5) is 13.1. The van der Waals surface area contributed by atoms with Crippen molar-refractivity contribution in [3.8, 4) is 0 Å². The molecular weight excluding hydrogens is 356 g/mol. The molecule has 0 aliphatic rings. The number of carbonyl (C=O) groups is 1. The predicted octanol–water partition coefficient (Wildman–Crippen LogP) is 4.84. The fourth-order valence-electron chi connectivity index (χ4n) is 3.46. The molecule has 0 saturated carbocycles. The van der Waals surface area contributed by atoms with Crippen molar-refractivity contribution in [3.63, 3.8) is 0 Å². The lowest BCUT2D eigenvalue weighted by molar-refractivity contribution is 0.101. The first-order valence-electron chi connectivity index (χ1n) is 9.04. The van der Waals surface area contributed by atoms with Gasteiger partial charge >= 0.3 is 0 Å². The topological polar surface area (TPSA) is 51.9 Å². The van der Waals surface area contributed by atoms with E-state index in [1.54, 1.807) is 11.3 Å². The zero-order valence-corrected chi connectivity index (χ0v) is 16.5. The van der Waals surface area contributed by atoms with Crippen LogP contribution < -0.4 is 5.32 Å². The molecule has 0 aliphatic carbocycles. The van der Waals surface area contributed by atoms with Crippen LogP contribution in [0, 0.1) is 13.8 Å². The van der Waals surface area contributed by atoms with Crippen molar-refractivity contribution in [1.82, 2.24) is 14.3 Å². The third-order valence-corrected chi connectivity index (χ3v) is 5.71. The Labute approximate surface area is 162 Å². The molecule has 1 amide bonds. The number of benzene rings is 1. The highest BCUT2D eigenvalue weighted by atomic mass is 32.1. The van der Waals surface area contributed by atoms with Crippen LogP contribution in [0.1, 0.15) is 34.4 Å². The first kappa shape index (κ1) is 17.5. The van der Waals surface area contributed by atoms with E-state index in [2.05, 4.69) is 38.6 Å². The van der Waals surface area contributed by atoms with Gasteiger partial charge in [0.1, 0.15) is 5.69 Å². The fourth-order valence-corrected chi connectivity index (χ4v) is 4.29. The number of anilines is 1. The SMILES string of the molecule is CCn1nc(C)c(NC(=O)c2cc3sccc3n2Cc2ccccc2)c1C. The standard InChI is InChI=1S/C21H22N4OS/c1-4-25-15(3)20(14(2)23-25)22-21(26)18-12-19-17(10-11-27-19)24(18)13-16-8-6-5-7-9-16/h5-12H,4,13H2,1-3H3,(H,22,26). The van der Waals surface area contributed by atoms with E-state index in [0.29, 0.717) is 12.2 Å². The Kier molecular flexibility index (Phi) is 4.58. The zero-order valence-electron chi connectivity index (χ0n) is 15.7. The van der Waals surface area contributed by atoms with Gasteiger partial charge in [0.2, 0.25) is 0 Å². The summed E-state index contributed by atoms with van der Waals surface area (Å²) < 4.78 is 5.12. The Morgan fingerprint density at radius 1 is 1.19 bits per heavy atom. The first-order valence-corrected chi connectivity index (χ1v) is 9.92. The minimum atomic E-state index is -0.101. The number of rotatable bonds is 5. The third kappa shape index (κ3) is 3.17. The molecule has 0 spiro atoms. The Bertz CT molecular complexity index is 1100. The molecule has 0 bridgehead atoms. The van der Waals surface area contributed by atoms with Crippen LogP contribution in [0.2, 0.25) is 0 Å². The number of nitrogens with one attached hydrogen (secondary N) is 1. The summed E-state index contributed by atoms with van der Waals surface area (Å²) in [6.45, 7) is 7.40. The molecule has 4 aromatic rings. The smallest absolute Gasteiger partial charge is 0.272 e. The quantitative estimate of drug-likeness (QED) is 0.540. The summed E-state index contributed by atoms with van der Waals surface area (Å²) in [5.41, 5.74) is 5.55. The molecule has 0 aliphatic heterocycles. The van der Waals surface area contributed by atoms with Gasteiger partial charge < -0.3 is 9.88 Å². The molecule has 0 atom stereocenters. The molecule has 0 unspecified atom stereocenters. The van der Waals surface area contributed by atoms with Crippen molar-refractivity contribution in [2.45, 2.75) is 33.9 Å². The van der Waals surface area contributed by atoms with Crippen molar-refractivity contribution in [1.29, 1.82) is 0 Å². The van der Waals surface area contributed by atoms with Gasteiger partial charge in [-0.05, 0) is 43.8 Å². The number of aryl methyl sites for hydroxylation is 2. The van der Waals surface area contributed by atoms with E-state index in [-0.39, 0.29) is 5.91 Å². The Balaban J connectivity index is 1.71. The van der Waals surface area contributed by atoms with Crippen LogP contribution in [0.5, 0.6) is 0 Å². The van der Waals surface area contributed by atoms with Crippen molar-refractivity contribution < 1.29 is 4.79 Å². The number of thiophene rings is 1. The third-order valence-electron chi connectivity index (χ3n) is 4.86. The van der Waals surface area contributed by atoms with Gasteiger partial charge in [0.25, 0.3) is 5.91 Å². The average Bonchev–Trinajstić information content (AvgIpc) is 3.33. The van der Waals surface area contributed by atoms with Gasteiger partial charge in [-0.2, -0.15) is 5.10 Å². The average molecular weight is 379 g/mol. The molecule has 3 aromatic heterocycles. The number of hydrogen-bond donors (Lipinski definition) is 1. The van der Waals surface area contributed by atoms with Crippen LogP contribution in [0.3, 0.4) is 0 Å². The minimum Gasteiger partial charge on any atom is -0.331 e. The summed E-state index contributed by atoms with van der Waals surface area (Å²) in [5, 5.41) is 9.65. The molecule has 1 aromatic carbocycles. The van der Waals surface area contributed by atoms with E-state index >= 15 is 0 Å². The van der Waals surface area contributed by atoms with E-state index in [4.69, 9.17) is 0 Å². The van der Waals surface area contributed by atoms with Gasteiger partial charge in [-0.15, -0.1) is 11.3 Å². The van der Waals surface area contributed by atoms with Gasteiger partial charge in [0.15, 0.2) is 0 Å². The zero-order chi connectivity index (χ0) is 19.0. The van der Waals surface area contributed by atoms with Crippen molar-refractivity contribution in [2.24, 2.45) is 0 Å². The Morgan fingerprint density at radius 2 is 1.96 bits per heavy atom. The fraction of sp³-hybridized carbons (Fsp3) is 0.238. The first-order chi connectivity index (χ1) is 13.1. The molecule has 1 N–H and O–H groups in total. The van der Waals surface area contributed by atoms with Crippen LogP contribution in [0.25, 0.3) is 10.2 Å². The van der Waals surface area contributed by atoms with E-state index < -0.39 is 0 Å². The lowest BCUT2D eigenvalue weighted by Gasteiger charge is -2.11. The summed E-state index contributed by atoms with van der Waals surface area (Å²) in [7, 11) is 0. The van der Waals surface area contributed by atoms with E-state index in [9.17, 15) is 4.79 Å². The van der Waals surface area contributed by atoms with Crippen molar-refractivity contribution >= 4 is 33.1 Å². The van der Waals surface area contributed by atoms with Crippen molar-refractivity contribution in [3.05, 3.63) is 70.5 Å². The molecule has 0 saturated heterocycles. The second-order valence-electron chi connectivity index (χ2n) is 6.59. The number of carbonyl (C=O) groups excluding carboxylic acids is 1. The summed E-state index contributed by atoms with van der Waals surface area (Å²) in [5.74, 6) is -0.101. The van der Waals surface area contributed by atoms with Crippen LogP contribution in [-0.4, -0.2) is 20.3 Å². The number of aromatic nitrogens is 3. The predicted molar refractivity (Wildman–Crippen MR) is 111 cm³/mol. The normalized spacial score (nSPS) is 11.2. The van der Waals surface area contributed by atoms with Crippen LogP contribution >= 0.6 is 11.3 Å². The second kappa shape index (κ2) is 7.04. The van der Waals surface area contributed by atoms with E-state index in [0.717, 1.165) is 33.8 Å². The maximum atomic E-state index is 13.1. The highest BCUT2D eigenvalue weighted by Gasteiger charge is 2.20. The molecule has 4 rings (SSSR count). The Morgan fingerprint density at radius 3 is 2.67 bits per heavy atom. The number of hydrogen-bond acceptors (Lipinski definition) is 3. The lowest BCUT2D eigenvalue weighted by atomic mass is 10.2. The highest BCUT2D eigenvalue weighted by molar-refractivity contribution is 7.17. The molecule has 27 heavy (non-hydrogen) atoms. The largest absolute Gasteiger partial charge is 0.331 e. The molecule has 6 heteroatoms. The van der Waals surface area contributed by atoms with Crippen molar-refractivity contribution in [2.75, 3.05) is 5.32 Å². The highest BCUT2D eigenvalue weighted by Crippen LogP contribution is 2.28. The molecule has 138 valence electrons. The molecule has 0 fully saturated rings. The maximum Gasteiger partial charge on any atom is 0.272 e. The second-order valence-corrected chi connectivity index (χ2v) is 7.53. The van der Waals surface area contributed by atoms with Crippen LogP contribution in [-0.2, 0) is 13.1 Å². The van der Waals surface area contributed by atoms with E-state index in [1.807, 2.05) is 49.7 Å². The van der Waals surface area contributed by atoms with Gasteiger partial charge in [-0.3, -0.25) is 9.48 Å². The monoisotopic (exact) mass is 378 g/mol. The number of amides is 1. The summed E-state index contributed by atoms with van der Waals surface area (Å²) in [6, 6.07) is 14.3. The van der Waals surface area contributed by atoms with Gasteiger partial charge in [0.05, 0.1) is 27.3 Å². The summed E-state index contributed by atoms with van der Waals surface area (Å²) in [6.07, 6.45) is 0. The van der Waals surface area contributed by atoms with Crippen LogP contribution in [0.15, 0.2) is 47.8 Å². The molecular formula is C21H22N4OS. The number of fused-ring (bicyclic) bond motifs is 1. The maximum absolute atomic E-state index is 13.1. The van der Waals surface area contributed by atoms with Gasteiger partial charge in [-0.1, -0.05) is 30.3 Å². The lowest BCUT2D eigenvalue weighted by Crippen LogP contribution is -2.18. The molecule has 5 nitrogen and oxygen atoms in total.